The number of methoxy groups -OCH3 is 1. The molecule has 0 bridgehead atoms. The number of aliphatic hydroxyl groups excluding tert-OH is 2. The van der Waals surface area contributed by atoms with Crippen molar-refractivity contribution in [2.24, 2.45) is 0 Å². The summed E-state index contributed by atoms with van der Waals surface area (Å²) < 4.78 is 9.99. The molecule has 5 atom stereocenters. The van der Waals surface area contributed by atoms with Crippen molar-refractivity contribution in [1.29, 1.82) is 0 Å². The zero-order valence-electron chi connectivity index (χ0n) is 7.06. The van der Waals surface area contributed by atoms with E-state index in [1.807, 2.05) is 0 Å². The minimum absolute atomic E-state index is 0.151. The Bertz CT molecular complexity index is 149. The molecule has 2 N–H and O–H groups in total. The molecule has 4 nitrogen and oxygen atoms in total. The van der Waals surface area contributed by atoms with Crippen molar-refractivity contribution in [3.8, 4) is 0 Å². The van der Waals surface area contributed by atoms with Crippen molar-refractivity contribution in [1.82, 2.24) is 0 Å². The van der Waals surface area contributed by atoms with Gasteiger partial charge in [0.1, 0.15) is 12.2 Å². The lowest BCUT2D eigenvalue weighted by atomic mass is 10.0. The largest absolute Gasteiger partial charge is 0.389 e. The summed E-state index contributed by atoms with van der Waals surface area (Å²) in [6.45, 7) is 0. The third-order valence-corrected chi connectivity index (χ3v) is 2.85. The highest BCUT2D eigenvalue weighted by Crippen LogP contribution is 2.26. The first-order valence-electron chi connectivity index (χ1n) is 3.86. The predicted octanol–water partition coefficient (Wildman–Crippen LogP) is -0.0743. The summed E-state index contributed by atoms with van der Waals surface area (Å²) in [5.74, 6) is 0.151. The van der Waals surface area contributed by atoms with Crippen LogP contribution >= 0.6 is 23.2 Å². The Morgan fingerprint density at radius 3 is 2.46 bits per heavy atom. The average molecular weight is 231 g/mol. The fourth-order valence-corrected chi connectivity index (χ4v) is 1.87. The number of hydrogen-bond acceptors (Lipinski definition) is 4. The lowest BCUT2D eigenvalue weighted by Gasteiger charge is -2.38. The van der Waals surface area contributed by atoms with Crippen LogP contribution < -0.4 is 0 Å². The molecule has 0 aromatic heterocycles. The minimum Gasteiger partial charge on any atom is -0.389 e. The van der Waals surface area contributed by atoms with Gasteiger partial charge in [0.15, 0.2) is 6.29 Å². The van der Waals surface area contributed by atoms with Crippen LogP contribution in [-0.2, 0) is 9.47 Å². The highest BCUT2D eigenvalue weighted by molar-refractivity contribution is 6.23. The van der Waals surface area contributed by atoms with E-state index in [0.29, 0.717) is 0 Å². The molecule has 0 aromatic carbocycles. The van der Waals surface area contributed by atoms with Crippen LogP contribution in [0.1, 0.15) is 0 Å². The van der Waals surface area contributed by atoms with Gasteiger partial charge in [-0.3, -0.25) is 0 Å². The number of hydrogen-bond donors (Lipinski definition) is 2. The highest BCUT2D eigenvalue weighted by atomic mass is 35.5. The van der Waals surface area contributed by atoms with E-state index >= 15 is 0 Å². The van der Waals surface area contributed by atoms with Crippen molar-refractivity contribution in [3.63, 3.8) is 0 Å². The SMILES string of the molecule is CO[C@H]1OC(CCl)[C@@H](Cl)[C@@H](O)C1O. The molecule has 0 spiro atoms. The van der Waals surface area contributed by atoms with Gasteiger partial charge >= 0.3 is 0 Å². The zero-order chi connectivity index (χ0) is 10.0. The van der Waals surface area contributed by atoms with Crippen LogP contribution in [0.3, 0.4) is 0 Å². The first-order valence-corrected chi connectivity index (χ1v) is 4.83. The molecule has 0 saturated carbocycles. The third-order valence-electron chi connectivity index (χ3n) is 2.00. The van der Waals surface area contributed by atoms with Crippen LogP contribution in [-0.4, -0.2) is 53.2 Å². The Morgan fingerprint density at radius 1 is 1.38 bits per heavy atom. The van der Waals surface area contributed by atoms with Gasteiger partial charge in [-0.15, -0.1) is 23.2 Å². The monoisotopic (exact) mass is 230 g/mol. The topological polar surface area (TPSA) is 58.9 Å². The number of ether oxygens (including phenoxy) is 2. The molecule has 1 rings (SSSR count). The summed E-state index contributed by atoms with van der Waals surface area (Å²) in [4.78, 5) is 0. The number of aliphatic hydroxyl groups is 2. The van der Waals surface area contributed by atoms with E-state index in [9.17, 15) is 10.2 Å². The van der Waals surface area contributed by atoms with Crippen molar-refractivity contribution in [2.75, 3.05) is 13.0 Å². The molecule has 78 valence electrons. The molecule has 0 aliphatic carbocycles. The quantitative estimate of drug-likeness (QED) is 0.653. The van der Waals surface area contributed by atoms with E-state index in [4.69, 9.17) is 32.7 Å². The Hall–Kier alpha value is 0.420. The molecule has 0 radical (unpaired) electrons. The molecule has 0 aromatic rings. The van der Waals surface area contributed by atoms with Crippen LogP contribution in [0.2, 0.25) is 0 Å². The standard InChI is InChI=1S/C7H12Cl2O4/c1-12-7-6(11)5(10)4(9)3(2-8)13-7/h3-7,10-11H,2H2,1H3/t3?,4-,5-,6?,7+/m1/s1. The molecule has 1 heterocycles. The van der Waals surface area contributed by atoms with Crippen molar-refractivity contribution >= 4 is 23.2 Å². The summed E-state index contributed by atoms with van der Waals surface area (Å²) in [6, 6.07) is 0. The van der Waals surface area contributed by atoms with Gasteiger partial charge in [0, 0.05) is 7.11 Å². The molecular formula is C7H12Cl2O4. The Balaban J connectivity index is 2.66. The van der Waals surface area contributed by atoms with Gasteiger partial charge in [0.25, 0.3) is 0 Å². The van der Waals surface area contributed by atoms with Gasteiger partial charge in [0.05, 0.1) is 17.4 Å². The van der Waals surface area contributed by atoms with Gasteiger partial charge in [-0.05, 0) is 0 Å². The normalized spacial score (nSPS) is 46.4. The maximum Gasteiger partial charge on any atom is 0.186 e. The molecule has 13 heavy (non-hydrogen) atoms. The van der Waals surface area contributed by atoms with Crippen molar-refractivity contribution < 1.29 is 19.7 Å². The molecule has 6 heteroatoms. The number of rotatable bonds is 2. The van der Waals surface area contributed by atoms with Gasteiger partial charge in [-0.2, -0.15) is 0 Å². The van der Waals surface area contributed by atoms with Crippen molar-refractivity contribution in [2.45, 2.75) is 30.0 Å². The summed E-state index contributed by atoms with van der Waals surface area (Å²) in [5, 5.41) is 18.1. The maximum atomic E-state index is 9.45. The second kappa shape index (κ2) is 4.77. The molecule has 1 aliphatic heterocycles. The van der Waals surface area contributed by atoms with Crippen LogP contribution in [0, 0.1) is 0 Å². The summed E-state index contributed by atoms with van der Waals surface area (Å²) in [7, 11) is 1.38. The van der Waals surface area contributed by atoms with E-state index in [1.165, 1.54) is 7.11 Å². The van der Waals surface area contributed by atoms with Gasteiger partial charge in [-0.25, -0.2) is 0 Å². The number of halogens is 2. The van der Waals surface area contributed by atoms with E-state index in [-0.39, 0.29) is 5.88 Å². The van der Waals surface area contributed by atoms with E-state index in [2.05, 4.69) is 0 Å². The van der Waals surface area contributed by atoms with Crippen LogP contribution in [0.15, 0.2) is 0 Å². The van der Waals surface area contributed by atoms with Crippen LogP contribution in [0.5, 0.6) is 0 Å². The van der Waals surface area contributed by atoms with E-state index < -0.39 is 30.0 Å². The lowest BCUT2D eigenvalue weighted by Crippen LogP contribution is -2.56. The Labute approximate surface area is 86.3 Å². The van der Waals surface area contributed by atoms with Crippen LogP contribution in [0.25, 0.3) is 0 Å². The lowest BCUT2D eigenvalue weighted by molar-refractivity contribution is -0.251. The van der Waals surface area contributed by atoms with E-state index in [1.54, 1.807) is 0 Å². The molecular weight excluding hydrogens is 219 g/mol. The Kier molecular flexibility index (Phi) is 4.22. The second-order valence-corrected chi connectivity index (χ2v) is 3.67. The second-order valence-electron chi connectivity index (χ2n) is 2.86. The summed E-state index contributed by atoms with van der Waals surface area (Å²) in [5.41, 5.74) is 0. The molecule has 0 amide bonds. The molecule has 1 fully saturated rings. The maximum absolute atomic E-state index is 9.45. The molecule has 1 saturated heterocycles. The first kappa shape index (κ1) is 11.5. The summed E-state index contributed by atoms with van der Waals surface area (Å²) >= 11 is 11.3. The highest BCUT2D eigenvalue weighted by Gasteiger charge is 2.43. The summed E-state index contributed by atoms with van der Waals surface area (Å²) in [6.07, 6.45) is -3.59. The average Bonchev–Trinajstić information content (AvgIpc) is 2.15. The van der Waals surface area contributed by atoms with Crippen LogP contribution in [0.4, 0.5) is 0 Å². The van der Waals surface area contributed by atoms with Gasteiger partial charge in [0.2, 0.25) is 0 Å². The zero-order valence-corrected chi connectivity index (χ0v) is 8.57. The third kappa shape index (κ3) is 2.26. The predicted molar refractivity (Wildman–Crippen MR) is 48.0 cm³/mol. The molecule has 2 unspecified atom stereocenters. The fourth-order valence-electron chi connectivity index (χ4n) is 1.21. The first-order chi connectivity index (χ1) is 6.11. The fraction of sp³-hybridized carbons (Fsp3) is 1.00. The smallest absolute Gasteiger partial charge is 0.186 e. The van der Waals surface area contributed by atoms with Gasteiger partial charge in [-0.1, -0.05) is 0 Å². The van der Waals surface area contributed by atoms with Gasteiger partial charge < -0.3 is 19.7 Å². The van der Waals surface area contributed by atoms with E-state index in [0.717, 1.165) is 0 Å². The molecule has 1 aliphatic rings. The number of alkyl halides is 2. The Morgan fingerprint density at radius 2 is 2.00 bits per heavy atom. The minimum atomic E-state index is -1.13. The van der Waals surface area contributed by atoms with Crippen molar-refractivity contribution in [3.05, 3.63) is 0 Å².